The number of aromatic hydroxyl groups is 4. The quantitative estimate of drug-likeness (QED) is 0.103. The molecule has 4 rings (SSSR count). The van der Waals surface area contributed by atoms with Gasteiger partial charge in [-0.25, -0.2) is 0 Å². The summed E-state index contributed by atoms with van der Waals surface area (Å²) >= 11 is 0. The smallest absolute Gasteiger partial charge is 0.311 e. The van der Waals surface area contributed by atoms with Gasteiger partial charge in [-0.15, -0.1) is 0 Å². The van der Waals surface area contributed by atoms with Crippen molar-refractivity contribution in [3.63, 3.8) is 0 Å². The highest BCUT2D eigenvalue weighted by molar-refractivity contribution is 5.96. The average Bonchev–Trinajstić information content (AvgIpc) is 3.01. The largest absolute Gasteiger partial charge is 0.507 e. The molecule has 0 aliphatic carbocycles. The summed E-state index contributed by atoms with van der Waals surface area (Å²) in [5.74, 6) is -6.01. The Morgan fingerprint density at radius 3 is 1.56 bits per heavy atom. The van der Waals surface area contributed by atoms with Crippen LogP contribution in [0.2, 0.25) is 0 Å². The first-order valence-electron chi connectivity index (χ1n) is 17.4. The molecule has 0 spiro atoms. The molecular weight excluding hydrogens is 708 g/mol. The summed E-state index contributed by atoms with van der Waals surface area (Å²) in [6, 6.07) is 2.90. The predicted octanol–water partition coefficient (Wildman–Crippen LogP) is 5.67. The van der Waals surface area contributed by atoms with E-state index in [0.29, 0.717) is 0 Å². The van der Waals surface area contributed by atoms with Crippen molar-refractivity contribution in [3.05, 3.63) is 34.0 Å². The Balaban J connectivity index is 2.06. The summed E-state index contributed by atoms with van der Waals surface area (Å²) in [5.41, 5.74) is -6.37. The Morgan fingerprint density at radius 1 is 0.611 bits per heavy atom. The molecule has 5 atom stereocenters. The number of carbonyl (C=O) groups is 4. The molecule has 1 aromatic heterocycles. The Morgan fingerprint density at radius 2 is 1.06 bits per heavy atom. The van der Waals surface area contributed by atoms with E-state index in [0.717, 1.165) is 18.2 Å². The fraction of sp³-hybridized carbons (Fsp3) is 0.564. The van der Waals surface area contributed by atoms with Gasteiger partial charge in [-0.3, -0.25) is 24.0 Å². The molecule has 0 unspecified atom stereocenters. The number of hydrogen-bond acceptors (Lipinski definition) is 15. The van der Waals surface area contributed by atoms with E-state index in [1.807, 2.05) is 0 Å². The van der Waals surface area contributed by atoms with Crippen LogP contribution in [0.25, 0.3) is 21.9 Å². The summed E-state index contributed by atoms with van der Waals surface area (Å²) in [6.07, 6.45) is -8.37. The highest BCUT2D eigenvalue weighted by Crippen LogP contribution is 2.48. The number of benzene rings is 2. The first-order chi connectivity index (χ1) is 24.5. The second-order valence-corrected chi connectivity index (χ2v) is 17.6. The third kappa shape index (κ3) is 8.51. The van der Waals surface area contributed by atoms with Gasteiger partial charge in [0.1, 0.15) is 46.9 Å². The maximum absolute atomic E-state index is 13.8. The van der Waals surface area contributed by atoms with Crippen LogP contribution in [0.5, 0.6) is 23.0 Å². The third-order valence-electron chi connectivity index (χ3n) is 8.53. The van der Waals surface area contributed by atoms with Gasteiger partial charge in [0, 0.05) is 12.1 Å². The minimum absolute atomic E-state index is 0.182. The van der Waals surface area contributed by atoms with Crippen LogP contribution < -0.4 is 5.43 Å². The summed E-state index contributed by atoms with van der Waals surface area (Å²) < 4.78 is 35.7. The van der Waals surface area contributed by atoms with Crippen LogP contribution in [-0.2, 0) is 42.9 Å². The van der Waals surface area contributed by atoms with E-state index >= 15 is 0 Å². The van der Waals surface area contributed by atoms with E-state index in [1.54, 1.807) is 83.1 Å². The minimum Gasteiger partial charge on any atom is -0.507 e. The predicted molar refractivity (Wildman–Crippen MR) is 193 cm³/mol. The first kappa shape index (κ1) is 41.7. The molecule has 1 aliphatic rings. The molecular formula is C39H50O15. The zero-order chi connectivity index (χ0) is 41.0. The topological polar surface area (TPSA) is 226 Å². The van der Waals surface area contributed by atoms with Crippen molar-refractivity contribution in [1.82, 2.24) is 0 Å². The van der Waals surface area contributed by atoms with Crippen LogP contribution in [0.1, 0.15) is 94.8 Å². The van der Waals surface area contributed by atoms with Crippen molar-refractivity contribution in [2.45, 2.75) is 114 Å². The van der Waals surface area contributed by atoms with Crippen LogP contribution in [0.3, 0.4) is 0 Å². The van der Waals surface area contributed by atoms with Crippen molar-refractivity contribution in [1.29, 1.82) is 0 Å². The van der Waals surface area contributed by atoms with Gasteiger partial charge in [0.2, 0.25) is 5.43 Å². The Labute approximate surface area is 312 Å². The second kappa shape index (κ2) is 14.3. The van der Waals surface area contributed by atoms with E-state index in [4.69, 9.17) is 28.1 Å². The van der Waals surface area contributed by atoms with Gasteiger partial charge < -0.3 is 48.5 Å². The van der Waals surface area contributed by atoms with E-state index < -0.39 is 122 Å². The van der Waals surface area contributed by atoms with Crippen LogP contribution in [0.15, 0.2) is 27.4 Å². The highest BCUT2D eigenvalue weighted by atomic mass is 16.7. The van der Waals surface area contributed by atoms with E-state index in [1.165, 1.54) is 0 Å². The molecule has 0 bridgehead atoms. The summed E-state index contributed by atoms with van der Waals surface area (Å²) in [4.78, 5) is 67.6. The number of phenols is 4. The number of ether oxygens (including phenoxy) is 5. The molecule has 4 N–H and O–H groups in total. The molecule has 3 aromatic rings. The molecule has 0 saturated carbocycles. The van der Waals surface area contributed by atoms with Crippen molar-refractivity contribution in [2.24, 2.45) is 21.7 Å². The zero-order valence-electron chi connectivity index (χ0n) is 32.6. The van der Waals surface area contributed by atoms with Gasteiger partial charge in [0.15, 0.2) is 29.8 Å². The standard InChI is InChI=1S/C39H50O15/c1-36(2,3)32(45)49-16-23-28(52-33(46)37(4,5)6)30(53-34(47)38(7,8)9)31(54-35(48)39(10,11)12)29(51-23)24-20(42)15-22-25(27(24)44)26(43)17-13-18(40)19(41)14-21(17)50-22/h13-15,23,28-31,40-42,44H,16H2,1-12H3/t23-,28-,29+,30+,31+/m1/s1. The zero-order valence-corrected chi connectivity index (χ0v) is 32.6. The molecule has 1 fully saturated rings. The maximum atomic E-state index is 13.8. The van der Waals surface area contributed by atoms with Crippen LogP contribution in [0, 0.1) is 21.7 Å². The number of phenolic OH excluding ortho intramolecular Hbond substituents is 4. The lowest BCUT2D eigenvalue weighted by Crippen LogP contribution is -2.61. The number of hydrogen-bond donors (Lipinski definition) is 4. The number of rotatable bonds is 6. The summed E-state index contributed by atoms with van der Waals surface area (Å²) in [6.45, 7) is 18.2. The van der Waals surface area contributed by atoms with Gasteiger partial charge in [-0.2, -0.15) is 0 Å². The lowest BCUT2D eigenvalue weighted by molar-refractivity contribution is -0.262. The van der Waals surface area contributed by atoms with E-state index in [-0.39, 0.29) is 16.6 Å². The monoisotopic (exact) mass is 758 g/mol. The van der Waals surface area contributed by atoms with E-state index in [9.17, 15) is 44.4 Å². The fourth-order valence-corrected chi connectivity index (χ4v) is 5.26. The summed E-state index contributed by atoms with van der Waals surface area (Å²) in [5, 5.41) is 42.8. The molecule has 1 saturated heterocycles. The molecule has 2 heterocycles. The van der Waals surface area contributed by atoms with Gasteiger partial charge >= 0.3 is 23.9 Å². The SMILES string of the molecule is CC(C)(C)C(=O)OC[C@H]1O[C@@H](c2c(O)cc3oc4cc(O)c(O)cc4c(=O)c3c2O)[C@H](OC(=O)C(C)(C)C)[C@@H](OC(=O)C(C)(C)C)[C@@H]1OC(=O)C(C)(C)C. The number of carbonyl (C=O) groups excluding carboxylic acids is 4. The lowest BCUT2D eigenvalue weighted by atomic mass is 9.87. The van der Waals surface area contributed by atoms with Crippen molar-refractivity contribution < 1.29 is 67.7 Å². The fourth-order valence-electron chi connectivity index (χ4n) is 5.26. The summed E-state index contributed by atoms with van der Waals surface area (Å²) in [7, 11) is 0. The normalized spacial score (nSPS) is 21.1. The molecule has 0 amide bonds. The Kier molecular flexibility index (Phi) is 11.0. The van der Waals surface area contributed by atoms with Gasteiger partial charge in [-0.05, 0) is 89.2 Å². The molecule has 15 heteroatoms. The van der Waals surface area contributed by atoms with Crippen molar-refractivity contribution in [2.75, 3.05) is 6.61 Å². The molecule has 54 heavy (non-hydrogen) atoms. The van der Waals surface area contributed by atoms with Crippen molar-refractivity contribution in [3.8, 4) is 23.0 Å². The van der Waals surface area contributed by atoms with E-state index in [2.05, 4.69) is 0 Å². The molecule has 2 aromatic carbocycles. The highest BCUT2D eigenvalue weighted by Gasteiger charge is 2.56. The third-order valence-corrected chi connectivity index (χ3v) is 8.53. The average molecular weight is 759 g/mol. The lowest BCUT2D eigenvalue weighted by Gasteiger charge is -2.46. The maximum Gasteiger partial charge on any atom is 0.311 e. The first-order valence-corrected chi connectivity index (χ1v) is 17.4. The molecule has 15 nitrogen and oxygen atoms in total. The number of esters is 4. The molecule has 296 valence electrons. The van der Waals surface area contributed by atoms with Gasteiger partial charge in [0.25, 0.3) is 0 Å². The Hall–Kier alpha value is -5.05. The molecule has 0 radical (unpaired) electrons. The van der Waals surface area contributed by atoms with Gasteiger partial charge in [-0.1, -0.05) is 0 Å². The van der Waals surface area contributed by atoms with Gasteiger partial charge in [0.05, 0.1) is 32.6 Å². The molecule has 1 aliphatic heterocycles. The van der Waals surface area contributed by atoms with Crippen molar-refractivity contribution >= 4 is 45.8 Å². The van der Waals surface area contributed by atoms with Crippen LogP contribution >= 0.6 is 0 Å². The number of fused-ring (bicyclic) bond motifs is 2. The van der Waals surface area contributed by atoms with Crippen LogP contribution in [0.4, 0.5) is 0 Å². The minimum atomic E-state index is -1.79. The second-order valence-electron chi connectivity index (χ2n) is 17.6. The van der Waals surface area contributed by atoms with Crippen LogP contribution in [-0.4, -0.2) is 75.3 Å². The Bertz CT molecular complexity index is 2030.